The van der Waals surface area contributed by atoms with Crippen LogP contribution in [0.25, 0.3) is 0 Å². The standard InChI is InChI=1S/C18H26F2N2O/c1-11(2)18(23)22-8-7-17(12(3)10-22)21-13(4)15-9-14(19)5-6-16(15)20/h5-6,9,11-13,17,21H,7-8,10H2,1-4H3/t12-,13-,17+/m1/s1. The second-order valence-corrected chi connectivity index (χ2v) is 6.87. The van der Waals surface area contributed by atoms with Crippen molar-refractivity contribution in [3.63, 3.8) is 0 Å². The van der Waals surface area contributed by atoms with Gasteiger partial charge in [0.1, 0.15) is 11.6 Å². The maximum atomic E-state index is 13.9. The lowest BCUT2D eigenvalue weighted by molar-refractivity contribution is -0.136. The van der Waals surface area contributed by atoms with Gasteiger partial charge in [0.05, 0.1) is 0 Å². The number of halogens is 2. The smallest absolute Gasteiger partial charge is 0.225 e. The Bertz CT molecular complexity index is 562. The molecule has 0 saturated carbocycles. The van der Waals surface area contributed by atoms with Crippen LogP contribution in [0.3, 0.4) is 0 Å². The van der Waals surface area contributed by atoms with Crippen molar-refractivity contribution in [1.29, 1.82) is 0 Å². The zero-order valence-electron chi connectivity index (χ0n) is 14.3. The molecular formula is C18H26F2N2O. The molecule has 0 aromatic heterocycles. The number of hydrogen-bond donors (Lipinski definition) is 1. The number of benzene rings is 1. The van der Waals surface area contributed by atoms with Crippen LogP contribution >= 0.6 is 0 Å². The van der Waals surface area contributed by atoms with E-state index in [0.29, 0.717) is 18.7 Å². The molecule has 2 rings (SSSR count). The Labute approximate surface area is 137 Å². The van der Waals surface area contributed by atoms with Crippen LogP contribution in [0.1, 0.15) is 45.7 Å². The summed E-state index contributed by atoms with van der Waals surface area (Å²) in [5, 5.41) is 3.40. The molecule has 3 atom stereocenters. The Morgan fingerprint density at radius 3 is 2.61 bits per heavy atom. The van der Waals surface area contributed by atoms with Gasteiger partial charge < -0.3 is 10.2 Å². The van der Waals surface area contributed by atoms with Gasteiger partial charge in [-0.15, -0.1) is 0 Å². The summed E-state index contributed by atoms with van der Waals surface area (Å²) in [6.45, 7) is 9.16. The molecule has 1 saturated heterocycles. The minimum Gasteiger partial charge on any atom is -0.342 e. The molecule has 1 N–H and O–H groups in total. The summed E-state index contributed by atoms with van der Waals surface area (Å²) >= 11 is 0. The number of piperidine rings is 1. The SMILES string of the molecule is CC(C)C(=O)N1CC[C@H](N[C@H](C)c2cc(F)ccc2F)[C@H](C)C1. The van der Waals surface area contributed by atoms with Crippen LogP contribution in [0.2, 0.25) is 0 Å². The first kappa shape index (κ1) is 17.9. The Hall–Kier alpha value is -1.49. The van der Waals surface area contributed by atoms with Crippen molar-refractivity contribution in [2.75, 3.05) is 13.1 Å². The third-order valence-electron chi connectivity index (χ3n) is 4.60. The number of nitrogens with zero attached hydrogens (tertiary/aromatic N) is 1. The van der Waals surface area contributed by atoms with Crippen molar-refractivity contribution in [3.8, 4) is 0 Å². The van der Waals surface area contributed by atoms with Crippen LogP contribution in [0.15, 0.2) is 18.2 Å². The number of nitrogens with one attached hydrogen (secondary N) is 1. The summed E-state index contributed by atoms with van der Waals surface area (Å²) in [5.41, 5.74) is 0.345. The summed E-state index contributed by atoms with van der Waals surface area (Å²) in [7, 11) is 0. The van der Waals surface area contributed by atoms with E-state index < -0.39 is 11.6 Å². The van der Waals surface area contributed by atoms with Crippen LogP contribution in [0.5, 0.6) is 0 Å². The molecule has 23 heavy (non-hydrogen) atoms. The quantitative estimate of drug-likeness (QED) is 0.919. The Kier molecular flexibility index (Phi) is 5.74. The Balaban J connectivity index is 1.99. The molecule has 128 valence electrons. The monoisotopic (exact) mass is 324 g/mol. The molecule has 0 bridgehead atoms. The number of carbonyl (C=O) groups excluding carboxylic acids is 1. The van der Waals surface area contributed by atoms with E-state index in [1.807, 2.05) is 25.7 Å². The second-order valence-electron chi connectivity index (χ2n) is 6.87. The van der Waals surface area contributed by atoms with Gasteiger partial charge in [-0.1, -0.05) is 20.8 Å². The first-order chi connectivity index (χ1) is 10.8. The van der Waals surface area contributed by atoms with Gasteiger partial charge >= 0.3 is 0 Å². The van der Waals surface area contributed by atoms with Gasteiger partial charge in [0, 0.05) is 36.7 Å². The summed E-state index contributed by atoms with van der Waals surface area (Å²) in [4.78, 5) is 14.0. The third-order valence-corrected chi connectivity index (χ3v) is 4.60. The molecule has 0 spiro atoms. The van der Waals surface area contributed by atoms with Gasteiger partial charge in [-0.3, -0.25) is 4.79 Å². The van der Waals surface area contributed by atoms with E-state index in [-0.39, 0.29) is 29.8 Å². The predicted molar refractivity (Wildman–Crippen MR) is 86.9 cm³/mol. The largest absolute Gasteiger partial charge is 0.342 e. The lowest BCUT2D eigenvalue weighted by Crippen LogP contribution is -2.51. The Morgan fingerprint density at radius 1 is 1.30 bits per heavy atom. The molecule has 1 amide bonds. The minimum absolute atomic E-state index is 0.00650. The maximum Gasteiger partial charge on any atom is 0.225 e. The zero-order chi connectivity index (χ0) is 17.1. The van der Waals surface area contributed by atoms with E-state index in [9.17, 15) is 13.6 Å². The van der Waals surface area contributed by atoms with Gasteiger partial charge in [0.15, 0.2) is 0 Å². The molecule has 0 radical (unpaired) electrons. The molecule has 5 heteroatoms. The normalized spacial score (nSPS) is 23.2. The topological polar surface area (TPSA) is 32.3 Å². The molecule has 0 unspecified atom stereocenters. The molecule has 1 aliphatic rings. The highest BCUT2D eigenvalue weighted by Crippen LogP contribution is 2.24. The molecule has 0 aliphatic carbocycles. The lowest BCUT2D eigenvalue weighted by Gasteiger charge is -2.39. The summed E-state index contributed by atoms with van der Waals surface area (Å²) in [6, 6.07) is 3.45. The van der Waals surface area contributed by atoms with Crippen LogP contribution in [0, 0.1) is 23.5 Å². The number of carbonyl (C=O) groups is 1. The summed E-state index contributed by atoms with van der Waals surface area (Å²) in [5.74, 6) is -0.371. The van der Waals surface area contributed by atoms with Crippen LogP contribution in [-0.4, -0.2) is 29.9 Å². The number of amides is 1. The molecule has 1 aromatic rings. The second kappa shape index (κ2) is 7.39. The number of hydrogen-bond acceptors (Lipinski definition) is 2. The van der Waals surface area contributed by atoms with Gasteiger partial charge in [0.25, 0.3) is 0 Å². The highest BCUT2D eigenvalue weighted by atomic mass is 19.1. The van der Waals surface area contributed by atoms with Crippen molar-refractivity contribution in [3.05, 3.63) is 35.4 Å². The number of likely N-dealkylation sites (tertiary alicyclic amines) is 1. The van der Waals surface area contributed by atoms with Crippen molar-refractivity contribution < 1.29 is 13.6 Å². The van der Waals surface area contributed by atoms with E-state index >= 15 is 0 Å². The first-order valence-corrected chi connectivity index (χ1v) is 8.29. The molecule has 3 nitrogen and oxygen atoms in total. The third kappa shape index (κ3) is 4.28. The molecule has 1 fully saturated rings. The van der Waals surface area contributed by atoms with Crippen molar-refractivity contribution in [2.24, 2.45) is 11.8 Å². The van der Waals surface area contributed by atoms with E-state index in [4.69, 9.17) is 0 Å². The van der Waals surface area contributed by atoms with Gasteiger partial charge in [-0.05, 0) is 37.5 Å². The van der Waals surface area contributed by atoms with Crippen molar-refractivity contribution in [1.82, 2.24) is 10.2 Å². The lowest BCUT2D eigenvalue weighted by atomic mass is 9.91. The highest BCUT2D eigenvalue weighted by Gasteiger charge is 2.30. The number of rotatable bonds is 4. The summed E-state index contributed by atoms with van der Waals surface area (Å²) < 4.78 is 27.2. The van der Waals surface area contributed by atoms with Crippen LogP contribution in [-0.2, 0) is 4.79 Å². The highest BCUT2D eigenvalue weighted by molar-refractivity contribution is 5.78. The van der Waals surface area contributed by atoms with Gasteiger partial charge in [-0.25, -0.2) is 8.78 Å². The van der Waals surface area contributed by atoms with E-state index in [0.717, 1.165) is 18.6 Å². The summed E-state index contributed by atoms with van der Waals surface area (Å²) in [6.07, 6.45) is 0.820. The fraction of sp³-hybridized carbons (Fsp3) is 0.611. The average Bonchev–Trinajstić information content (AvgIpc) is 2.50. The molecule has 1 aliphatic heterocycles. The molecule has 1 aromatic carbocycles. The van der Waals surface area contributed by atoms with Crippen LogP contribution < -0.4 is 5.32 Å². The first-order valence-electron chi connectivity index (χ1n) is 8.29. The Morgan fingerprint density at radius 2 is 2.00 bits per heavy atom. The fourth-order valence-corrected chi connectivity index (χ4v) is 3.22. The average molecular weight is 324 g/mol. The minimum atomic E-state index is -0.430. The van der Waals surface area contributed by atoms with E-state index in [2.05, 4.69) is 12.2 Å². The molecular weight excluding hydrogens is 298 g/mol. The van der Waals surface area contributed by atoms with E-state index in [1.165, 1.54) is 6.07 Å². The van der Waals surface area contributed by atoms with Gasteiger partial charge in [0.2, 0.25) is 5.91 Å². The molecule has 1 heterocycles. The van der Waals surface area contributed by atoms with E-state index in [1.54, 1.807) is 0 Å². The van der Waals surface area contributed by atoms with Crippen molar-refractivity contribution >= 4 is 5.91 Å². The fourth-order valence-electron chi connectivity index (χ4n) is 3.22. The maximum absolute atomic E-state index is 13.9. The van der Waals surface area contributed by atoms with Crippen LogP contribution in [0.4, 0.5) is 8.78 Å². The van der Waals surface area contributed by atoms with Gasteiger partial charge in [-0.2, -0.15) is 0 Å². The predicted octanol–water partition coefficient (Wildman–Crippen LogP) is 3.51. The van der Waals surface area contributed by atoms with Crippen molar-refractivity contribution in [2.45, 2.75) is 46.2 Å². The zero-order valence-corrected chi connectivity index (χ0v) is 14.3.